The van der Waals surface area contributed by atoms with Crippen LogP contribution in [0.25, 0.3) is 0 Å². The van der Waals surface area contributed by atoms with E-state index in [-0.39, 0.29) is 12.6 Å². The summed E-state index contributed by atoms with van der Waals surface area (Å²) in [5.74, 6) is 1.03. The van der Waals surface area contributed by atoms with Crippen molar-refractivity contribution in [2.45, 2.75) is 11.6 Å². The SMILES string of the molecule is CN1C[C@H]2[C@@H](C1)[C@](CO)(c1ccccc1)N[C@H]2c1cccc(O)c1. The van der Waals surface area contributed by atoms with Gasteiger partial charge in [0.1, 0.15) is 5.75 Å². The molecular formula is C20H24N2O2. The molecule has 2 fully saturated rings. The smallest absolute Gasteiger partial charge is 0.115 e. The van der Waals surface area contributed by atoms with Crippen LogP contribution in [0.1, 0.15) is 17.2 Å². The lowest BCUT2D eigenvalue weighted by Gasteiger charge is -2.35. The summed E-state index contributed by atoms with van der Waals surface area (Å²) in [6.45, 7) is 2.02. The van der Waals surface area contributed by atoms with Gasteiger partial charge in [0.15, 0.2) is 0 Å². The number of aromatic hydroxyl groups is 1. The minimum Gasteiger partial charge on any atom is -0.508 e. The first kappa shape index (κ1) is 15.6. The highest BCUT2D eigenvalue weighted by molar-refractivity contribution is 5.36. The molecule has 2 aromatic rings. The molecule has 3 N–H and O–H groups in total. The molecule has 0 aromatic heterocycles. The molecule has 2 aromatic carbocycles. The monoisotopic (exact) mass is 324 g/mol. The van der Waals surface area contributed by atoms with Crippen molar-refractivity contribution in [1.29, 1.82) is 0 Å². The standard InChI is InChI=1S/C20H24N2O2/c1-22-11-17-18(12-22)20(13-23,15-7-3-2-4-8-15)21-19(17)14-6-5-9-16(24)10-14/h2-10,17-19,21,23-24H,11-13H2,1H3/t17-,18+,19-,20-/m0/s1. The molecule has 2 aliphatic rings. The third-order valence-electron chi connectivity index (χ3n) is 5.79. The Bertz CT molecular complexity index is 721. The van der Waals surface area contributed by atoms with Crippen molar-refractivity contribution >= 4 is 0 Å². The predicted molar refractivity (Wildman–Crippen MR) is 93.7 cm³/mol. The maximum atomic E-state index is 10.4. The van der Waals surface area contributed by atoms with E-state index in [1.54, 1.807) is 6.07 Å². The first-order valence-corrected chi connectivity index (χ1v) is 8.55. The molecule has 4 atom stereocenters. The summed E-state index contributed by atoms with van der Waals surface area (Å²) in [5.41, 5.74) is 1.79. The van der Waals surface area contributed by atoms with Crippen LogP contribution >= 0.6 is 0 Å². The molecule has 2 aliphatic heterocycles. The van der Waals surface area contributed by atoms with Gasteiger partial charge in [-0.25, -0.2) is 0 Å². The number of phenolic OH excluding ortho intramolecular Hbond substituents is 1. The Morgan fingerprint density at radius 3 is 2.62 bits per heavy atom. The van der Waals surface area contributed by atoms with Crippen LogP contribution in [-0.4, -0.2) is 41.9 Å². The summed E-state index contributed by atoms with van der Waals surface area (Å²) >= 11 is 0. The first-order chi connectivity index (χ1) is 11.6. The zero-order valence-electron chi connectivity index (χ0n) is 13.9. The first-order valence-electron chi connectivity index (χ1n) is 8.55. The maximum Gasteiger partial charge on any atom is 0.115 e. The second-order valence-corrected chi connectivity index (χ2v) is 7.20. The van der Waals surface area contributed by atoms with Gasteiger partial charge in [0.25, 0.3) is 0 Å². The largest absolute Gasteiger partial charge is 0.508 e. The van der Waals surface area contributed by atoms with Crippen LogP contribution in [0.4, 0.5) is 0 Å². The molecular weight excluding hydrogens is 300 g/mol. The number of aliphatic hydroxyl groups is 1. The topological polar surface area (TPSA) is 55.7 Å². The number of fused-ring (bicyclic) bond motifs is 1. The van der Waals surface area contributed by atoms with E-state index in [1.807, 2.05) is 30.3 Å². The number of hydrogen-bond acceptors (Lipinski definition) is 4. The van der Waals surface area contributed by atoms with Gasteiger partial charge in [-0.1, -0.05) is 42.5 Å². The molecule has 2 saturated heterocycles. The van der Waals surface area contributed by atoms with Gasteiger partial charge in [0.05, 0.1) is 12.1 Å². The highest BCUT2D eigenvalue weighted by atomic mass is 16.3. The fraction of sp³-hybridized carbons (Fsp3) is 0.400. The van der Waals surface area contributed by atoms with Crippen LogP contribution in [0.5, 0.6) is 5.75 Å². The summed E-state index contributed by atoms with van der Waals surface area (Å²) in [5, 5.41) is 24.0. The summed E-state index contributed by atoms with van der Waals surface area (Å²) < 4.78 is 0. The predicted octanol–water partition coefficient (Wildman–Crippen LogP) is 2.10. The average Bonchev–Trinajstić information content (AvgIpc) is 3.12. The average molecular weight is 324 g/mol. The molecule has 0 aliphatic carbocycles. The normalized spacial score (nSPS) is 32.8. The number of rotatable bonds is 3. The number of nitrogens with zero attached hydrogens (tertiary/aromatic N) is 1. The van der Waals surface area contributed by atoms with Gasteiger partial charge in [-0.15, -0.1) is 0 Å². The van der Waals surface area contributed by atoms with Crippen LogP contribution in [0, 0.1) is 11.8 Å². The number of hydrogen-bond donors (Lipinski definition) is 3. The lowest BCUT2D eigenvalue weighted by atomic mass is 9.76. The van der Waals surface area contributed by atoms with E-state index in [2.05, 4.69) is 35.5 Å². The molecule has 0 saturated carbocycles. The van der Waals surface area contributed by atoms with E-state index in [0.29, 0.717) is 17.6 Å². The van der Waals surface area contributed by atoms with Gasteiger partial charge >= 0.3 is 0 Å². The second kappa shape index (κ2) is 5.88. The van der Waals surface area contributed by atoms with Crippen LogP contribution in [0.2, 0.25) is 0 Å². The Balaban J connectivity index is 1.79. The van der Waals surface area contributed by atoms with Gasteiger partial charge in [-0.05, 0) is 36.2 Å². The third-order valence-corrected chi connectivity index (χ3v) is 5.79. The molecule has 4 rings (SSSR count). The van der Waals surface area contributed by atoms with Crippen molar-refractivity contribution in [2.24, 2.45) is 11.8 Å². The van der Waals surface area contributed by atoms with Crippen molar-refractivity contribution in [1.82, 2.24) is 10.2 Å². The summed E-state index contributed by atoms with van der Waals surface area (Å²) in [6, 6.07) is 17.9. The molecule has 24 heavy (non-hydrogen) atoms. The number of nitrogens with one attached hydrogen (secondary N) is 1. The van der Waals surface area contributed by atoms with Gasteiger partial charge in [-0.2, -0.15) is 0 Å². The van der Waals surface area contributed by atoms with E-state index in [0.717, 1.165) is 24.2 Å². The van der Waals surface area contributed by atoms with E-state index >= 15 is 0 Å². The van der Waals surface area contributed by atoms with Crippen molar-refractivity contribution in [2.75, 3.05) is 26.7 Å². The zero-order valence-corrected chi connectivity index (χ0v) is 13.9. The fourth-order valence-electron chi connectivity index (χ4n) is 4.72. The van der Waals surface area contributed by atoms with E-state index in [4.69, 9.17) is 0 Å². The van der Waals surface area contributed by atoms with Crippen LogP contribution < -0.4 is 5.32 Å². The van der Waals surface area contributed by atoms with E-state index in [1.165, 1.54) is 0 Å². The molecule has 0 unspecified atom stereocenters. The van der Waals surface area contributed by atoms with E-state index in [9.17, 15) is 10.2 Å². The van der Waals surface area contributed by atoms with Crippen LogP contribution in [0.3, 0.4) is 0 Å². The highest BCUT2D eigenvalue weighted by Crippen LogP contribution is 2.51. The molecule has 0 spiro atoms. The van der Waals surface area contributed by atoms with Gasteiger partial charge < -0.3 is 15.1 Å². The van der Waals surface area contributed by atoms with Crippen molar-refractivity contribution < 1.29 is 10.2 Å². The van der Waals surface area contributed by atoms with Crippen molar-refractivity contribution in [3.63, 3.8) is 0 Å². The Hall–Kier alpha value is -1.88. The Morgan fingerprint density at radius 1 is 1.12 bits per heavy atom. The van der Waals surface area contributed by atoms with Crippen LogP contribution in [-0.2, 0) is 5.54 Å². The number of aliphatic hydroxyl groups excluding tert-OH is 1. The molecule has 126 valence electrons. The number of phenols is 1. The van der Waals surface area contributed by atoms with E-state index < -0.39 is 5.54 Å². The minimum absolute atomic E-state index is 0.0708. The van der Waals surface area contributed by atoms with Crippen LogP contribution in [0.15, 0.2) is 54.6 Å². The number of benzene rings is 2. The molecule has 0 bridgehead atoms. The Kier molecular flexibility index (Phi) is 3.83. The molecule has 0 radical (unpaired) electrons. The lowest BCUT2D eigenvalue weighted by molar-refractivity contribution is 0.129. The molecule has 4 nitrogen and oxygen atoms in total. The highest BCUT2D eigenvalue weighted by Gasteiger charge is 2.56. The number of likely N-dealkylation sites (tertiary alicyclic amines) is 1. The molecule has 0 amide bonds. The summed E-state index contributed by atoms with van der Waals surface area (Å²) in [7, 11) is 2.14. The third kappa shape index (κ3) is 2.34. The van der Waals surface area contributed by atoms with Crippen molar-refractivity contribution in [3.05, 3.63) is 65.7 Å². The Morgan fingerprint density at radius 2 is 1.92 bits per heavy atom. The van der Waals surface area contributed by atoms with Crippen molar-refractivity contribution in [3.8, 4) is 5.75 Å². The molecule has 2 heterocycles. The fourth-order valence-corrected chi connectivity index (χ4v) is 4.72. The van der Waals surface area contributed by atoms with Gasteiger partial charge in [0.2, 0.25) is 0 Å². The second-order valence-electron chi connectivity index (χ2n) is 7.20. The quantitative estimate of drug-likeness (QED) is 0.809. The zero-order chi connectivity index (χ0) is 16.7. The van der Waals surface area contributed by atoms with Gasteiger partial charge in [-0.3, -0.25) is 5.32 Å². The van der Waals surface area contributed by atoms with Gasteiger partial charge in [0, 0.05) is 25.0 Å². The minimum atomic E-state index is -0.438. The Labute approximate surface area is 142 Å². The summed E-state index contributed by atoms with van der Waals surface area (Å²) in [6.07, 6.45) is 0. The maximum absolute atomic E-state index is 10.4. The lowest BCUT2D eigenvalue weighted by Crippen LogP contribution is -2.47. The summed E-state index contributed by atoms with van der Waals surface area (Å²) in [4.78, 5) is 2.35. The molecule has 4 heteroatoms.